The Morgan fingerprint density at radius 1 is 0.957 bits per heavy atom. The van der Waals surface area contributed by atoms with Gasteiger partial charge in [0.15, 0.2) is 23.1 Å². The van der Waals surface area contributed by atoms with Gasteiger partial charge in [0.1, 0.15) is 6.61 Å². The molecule has 246 valence electrons. The van der Waals surface area contributed by atoms with E-state index in [1.807, 2.05) is 13.0 Å². The molecule has 0 atom stereocenters. The second-order valence-corrected chi connectivity index (χ2v) is 14.4. The summed E-state index contributed by atoms with van der Waals surface area (Å²) < 4.78 is 17.5. The van der Waals surface area contributed by atoms with Crippen molar-refractivity contribution in [3.8, 4) is 11.5 Å². The van der Waals surface area contributed by atoms with E-state index in [0.717, 1.165) is 17.8 Å². The number of nitro benzene ring substituents is 1. The molecule has 0 saturated carbocycles. The van der Waals surface area contributed by atoms with E-state index in [2.05, 4.69) is 32.6 Å². The van der Waals surface area contributed by atoms with Crippen LogP contribution in [0, 0.1) is 20.9 Å². The van der Waals surface area contributed by atoms with E-state index in [-0.39, 0.29) is 39.7 Å². The molecule has 0 aromatic heterocycles. The molecule has 0 N–H and O–H groups in total. The smallest absolute Gasteiger partial charge is 0.269 e. The second-order valence-electron chi connectivity index (χ2n) is 14.0. The second kappa shape index (κ2) is 13.2. The van der Waals surface area contributed by atoms with Gasteiger partial charge in [-0.05, 0) is 60.3 Å². The van der Waals surface area contributed by atoms with Crippen LogP contribution < -0.4 is 9.47 Å². The molecule has 3 aliphatic rings. The molecule has 2 aromatic carbocycles. The van der Waals surface area contributed by atoms with Crippen molar-refractivity contribution >= 4 is 28.9 Å². The van der Waals surface area contributed by atoms with Crippen molar-refractivity contribution in [2.75, 3.05) is 26.9 Å². The molecule has 10 heteroatoms. The molecular weight excluding hydrogens is 608 g/mol. The van der Waals surface area contributed by atoms with Crippen LogP contribution in [0.4, 0.5) is 5.69 Å². The molecule has 0 spiro atoms. The quantitative estimate of drug-likeness (QED) is 0.137. The Morgan fingerprint density at radius 3 is 2.15 bits per heavy atom. The number of nitrogens with zero attached hydrogens (tertiary/aromatic N) is 2. The molecule has 0 fully saturated rings. The number of allylic oxidation sites excluding steroid dienone is 4. The van der Waals surface area contributed by atoms with E-state index < -0.39 is 10.8 Å². The molecule has 0 radical (unpaired) electrons. The molecule has 0 bridgehead atoms. The number of carbonyl (C=O) groups is 2. The highest BCUT2D eigenvalue weighted by molar-refractivity contribution is 6.32. The Labute approximate surface area is 275 Å². The Kier molecular flexibility index (Phi) is 9.66. The third-order valence-electron chi connectivity index (χ3n) is 8.92. The van der Waals surface area contributed by atoms with Crippen LogP contribution in [0.1, 0.15) is 83.8 Å². The van der Waals surface area contributed by atoms with Crippen LogP contribution in [-0.4, -0.2) is 48.3 Å². The molecule has 0 amide bonds. The number of Topliss-reactive ketones (excluding diaryl/α,β-unsaturated/α-hetero) is 2. The summed E-state index contributed by atoms with van der Waals surface area (Å²) in [6.07, 6.45) is 2.94. The Balaban J connectivity index is 1.64. The van der Waals surface area contributed by atoms with Crippen molar-refractivity contribution in [1.29, 1.82) is 0 Å². The maximum Gasteiger partial charge on any atom is 0.269 e. The van der Waals surface area contributed by atoms with Gasteiger partial charge in [0.05, 0.1) is 16.6 Å². The van der Waals surface area contributed by atoms with E-state index in [1.165, 1.54) is 12.1 Å². The lowest BCUT2D eigenvalue weighted by Crippen LogP contribution is -2.44. The summed E-state index contributed by atoms with van der Waals surface area (Å²) >= 11 is 6.92. The van der Waals surface area contributed by atoms with Gasteiger partial charge in [0.2, 0.25) is 0 Å². The molecule has 1 aliphatic heterocycles. The normalized spacial score (nSPS) is 19.2. The minimum absolute atomic E-state index is 0.0325. The predicted molar refractivity (Wildman–Crippen MR) is 176 cm³/mol. The lowest BCUT2D eigenvalue weighted by Gasteiger charge is -2.49. The van der Waals surface area contributed by atoms with Crippen LogP contribution >= 0.6 is 11.6 Å². The lowest BCUT2D eigenvalue weighted by atomic mass is 9.63. The third-order valence-corrected chi connectivity index (χ3v) is 9.20. The number of ether oxygens (including phenoxy) is 3. The number of hydrogen-bond acceptors (Lipinski definition) is 8. The highest BCUT2D eigenvalue weighted by Crippen LogP contribution is 2.55. The summed E-state index contributed by atoms with van der Waals surface area (Å²) in [6.45, 7) is 11.9. The van der Waals surface area contributed by atoms with Crippen LogP contribution in [0.2, 0.25) is 5.02 Å². The minimum Gasteiger partial charge on any atom is -0.490 e. The summed E-state index contributed by atoms with van der Waals surface area (Å²) in [4.78, 5) is 41.3. The fraction of sp³-hybridized carbons (Fsp3) is 0.500. The average molecular weight is 651 g/mol. The number of carbonyl (C=O) groups excluding carboxylic acids is 2. The van der Waals surface area contributed by atoms with Crippen LogP contribution in [0.25, 0.3) is 0 Å². The first-order valence-electron chi connectivity index (χ1n) is 15.9. The topological polar surface area (TPSA) is 108 Å². The average Bonchev–Trinajstić information content (AvgIpc) is 2.96. The SMILES string of the molecule is CCOc1cc(C2C3=C(CC(C)(C)CC3=O)N(CCCOC)C3=C2C(=O)CC(C)(C)C3)cc(Cl)c1OCc1cccc([N+](=O)[O-])c1. The first-order valence-corrected chi connectivity index (χ1v) is 16.2. The Bertz CT molecular complexity index is 1570. The van der Waals surface area contributed by atoms with Gasteiger partial charge in [0.25, 0.3) is 5.69 Å². The summed E-state index contributed by atoms with van der Waals surface area (Å²) in [5.41, 5.74) is 4.09. The number of non-ortho nitro benzene ring substituents is 1. The van der Waals surface area contributed by atoms with E-state index in [1.54, 1.807) is 25.3 Å². The fourth-order valence-electron chi connectivity index (χ4n) is 7.09. The summed E-state index contributed by atoms with van der Waals surface area (Å²) in [5, 5.41) is 11.5. The molecule has 2 aliphatic carbocycles. The van der Waals surface area contributed by atoms with Gasteiger partial charge in [-0.15, -0.1) is 0 Å². The number of nitro groups is 1. The molecule has 5 rings (SSSR count). The van der Waals surface area contributed by atoms with E-state index in [4.69, 9.17) is 25.8 Å². The first kappa shape index (κ1) is 33.7. The standard InChI is InChI=1S/C36H43ClN2O7/c1-7-45-30-16-23(15-25(37)34(30)46-21-22-10-8-11-24(14-22)39(42)43)31-32-26(17-35(2,3)19-28(32)40)38(12-9-13-44-6)27-18-36(4,5)20-29(41)33(27)31/h8,10-11,14-16,31H,7,9,12-13,17-21H2,1-6H3. The molecular formula is C36H43ClN2O7. The highest BCUT2D eigenvalue weighted by atomic mass is 35.5. The van der Waals surface area contributed by atoms with Gasteiger partial charge >= 0.3 is 0 Å². The zero-order chi connectivity index (χ0) is 33.4. The number of halogens is 1. The zero-order valence-electron chi connectivity index (χ0n) is 27.5. The molecule has 0 unspecified atom stereocenters. The van der Waals surface area contributed by atoms with Crippen molar-refractivity contribution in [1.82, 2.24) is 4.90 Å². The molecule has 1 heterocycles. The van der Waals surface area contributed by atoms with Crippen LogP contribution in [0.15, 0.2) is 58.9 Å². The van der Waals surface area contributed by atoms with E-state index >= 15 is 0 Å². The summed E-state index contributed by atoms with van der Waals surface area (Å²) in [5.74, 6) is 0.175. The number of ketones is 2. The molecule has 2 aromatic rings. The van der Waals surface area contributed by atoms with Gasteiger partial charge in [-0.1, -0.05) is 51.4 Å². The monoisotopic (exact) mass is 650 g/mol. The van der Waals surface area contributed by atoms with Crippen LogP contribution in [-0.2, 0) is 20.9 Å². The maximum absolute atomic E-state index is 14.1. The van der Waals surface area contributed by atoms with Crippen molar-refractivity contribution in [3.05, 3.63) is 85.2 Å². The van der Waals surface area contributed by atoms with Crippen molar-refractivity contribution in [3.63, 3.8) is 0 Å². The summed E-state index contributed by atoms with van der Waals surface area (Å²) in [6, 6.07) is 9.83. The maximum atomic E-state index is 14.1. The molecule has 46 heavy (non-hydrogen) atoms. The zero-order valence-corrected chi connectivity index (χ0v) is 28.3. The van der Waals surface area contributed by atoms with Crippen molar-refractivity contribution in [2.45, 2.75) is 79.2 Å². The van der Waals surface area contributed by atoms with Gasteiger partial charge in [-0.25, -0.2) is 0 Å². The number of rotatable bonds is 11. The lowest BCUT2D eigenvalue weighted by molar-refractivity contribution is -0.384. The molecule has 0 saturated heterocycles. The van der Waals surface area contributed by atoms with Crippen LogP contribution in [0.3, 0.4) is 0 Å². The fourth-order valence-corrected chi connectivity index (χ4v) is 7.36. The predicted octanol–water partition coefficient (Wildman–Crippen LogP) is 7.95. The van der Waals surface area contributed by atoms with E-state index in [9.17, 15) is 19.7 Å². The summed E-state index contributed by atoms with van der Waals surface area (Å²) in [7, 11) is 1.68. The van der Waals surface area contributed by atoms with Crippen LogP contribution in [0.5, 0.6) is 11.5 Å². The van der Waals surface area contributed by atoms with E-state index in [0.29, 0.717) is 79.2 Å². The number of benzene rings is 2. The minimum atomic E-state index is -0.585. The van der Waals surface area contributed by atoms with Gasteiger partial charge < -0.3 is 19.1 Å². The first-order chi connectivity index (χ1) is 21.7. The largest absolute Gasteiger partial charge is 0.490 e. The Morgan fingerprint density at radius 2 is 1.59 bits per heavy atom. The number of hydrogen-bond donors (Lipinski definition) is 0. The van der Waals surface area contributed by atoms with Gasteiger partial charge in [-0.3, -0.25) is 19.7 Å². The number of methoxy groups -OCH3 is 1. The van der Waals surface area contributed by atoms with Crippen molar-refractivity contribution < 1.29 is 28.7 Å². The van der Waals surface area contributed by atoms with Gasteiger partial charge in [-0.2, -0.15) is 0 Å². The van der Waals surface area contributed by atoms with Crippen molar-refractivity contribution in [2.24, 2.45) is 10.8 Å². The third kappa shape index (κ3) is 6.86. The van der Waals surface area contributed by atoms with Gasteiger partial charge in [0, 0.05) is 73.7 Å². The molecule has 9 nitrogen and oxygen atoms in total. The highest BCUT2D eigenvalue weighted by Gasteiger charge is 2.49. The Hall–Kier alpha value is -3.69.